The number of carbonyl (C=O) groups excluding carboxylic acids is 3. The van der Waals surface area contributed by atoms with E-state index in [-0.39, 0.29) is 24.9 Å². The predicted molar refractivity (Wildman–Crippen MR) is 126 cm³/mol. The first-order chi connectivity index (χ1) is 16.4. The molecular formula is C26H27N5O3. The van der Waals surface area contributed by atoms with Gasteiger partial charge in [0.05, 0.1) is 12.2 Å². The molecule has 4 amide bonds. The number of nitrogens with zero attached hydrogens (tertiary/aromatic N) is 3. The van der Waals surface area contributed by atoms with Crippen molar-refractivity contribution in [3.63, 3.8) is 0 Å². The van der Waals surface area contributed by atoms with E-state index in [0.29, 0.717) is 6.54 Å². The van der Waals surface area contributed by atoms with Crippen molar-refractivity contribution in [2.75, 3.05) is 6.54 Å². The maximum absolute atomic E-state index is 12.8. The molecule has 2 aromatic carbocycles. The molecule has 1 atom stereocenters. The highest BCUT2D eigenvalue weighted by atomic mass is 16.2. The lowest BCUT2D eigenvalue weighted by Gasteiger charge is -2.20. The fourth-order valence-corrected chi connectivity index (χ4v) is 4.47. The van der Waals surface area contributed by atoms with Crippen LogP contribution in [0, 0.1) is 5.92 Å². The summed E-state index contributed by atoms with van der Waals surface area (Å²) >= 11 is 0. The third kappa shape index (κ3) is 4.31. The van der Waals surface area contributed by atoms with Gasteiger partial charge in [0.1, 0.15) is 12.1 Å². The SMILES string of the molecule is C[C@]1(C2CC2)NC(=O)N(CC(=O)NCc2cn(Cc3ccccc3)nc2-c2ccccc2)C1=O. The number of benzene rings is 2. The van der Waals surface area contributed by atoms with Crippen LogP contribution in [0.5, 0.6) is 0 Å². The van der Waals surface area contributed by atoms with Gasteiger partial charge in [-0.15, -0.1) is 0 Å². The van der Waals surface area contributed by atoms with E-state index in [2.05, 4.69) is 10.6 Å². The zero-order chi connectivity index (χ0) is 23.7. The van der Waals surface area contributed by atoms with Crippen LogP contribution in [0.4, 0.5) is 4.79 Å². The zero-order valence-electron chi connectivity index (χ0n) is 19.0. The van der Waals surface area contributed by atoms with Crippen LogP contribution >= 0.6 is 0 Å². The molecule has 5 rings (SSSR count). The molecule has 174 valence electrons. The number of imide groups is 1. The van der Waals surface area contributed by atoms with E-state index in [9.17, 15) is 14.4 Å². The zero-order valence-corrected chi connectivity index (χ0v) is 19.0. The van der Waals surface area contributed by atoms with Crippen molar-refractivity contribution in [1.29, 1.82) is 0 Å². The third-order valence-electron chi connectivity index (χ3n) is 6.54. The van der Waals surface area contributed by atoms with Crippen molar-refractivity contribution in [2.24, 2.45) is 5.92 Å². The van der Waals surface area contributed by atoms with E-state index < -0.39 is 17.5 Å². The first-order valence-electron chi connectivity index (χ1n) is 11.5. The monoisotopic (exact) mass is 457 g/mol. The third-order valence-corrected chi connectivity index (χ3v) is 6.54. The Hall–Kier alpha value is -3.94. The molecule has 3 aromatic rings. The molecule has 2 heterocycles. The minimum atomic E-state index is -0.892. The molecular weight excluding hydrogens is 430 g/mol. The molecule has 1 saturated carbocycles. The van der Waals surface area contributed by atoms with Gasteiger partial charge >= 0.3 is 6.03 Å². The van der Waals surface area contributed by atoms with Crippen LogP contribution in [0.25, 0.3) is 11.3 Å². The summed E-state index contributed by atoms with van der Waals surface area (Å²) < 4.78 is 1.86. The van der Waals surface area contributed by atoms with Gasteiger partial charge in [0, 0.05) is 23.9 Å². The second kappa shape index (κ2) is 8.78. The van der Waals surface area contributed by atoms with E-state index >= 15 is 0 Å². The maximum Gasteiger partial charge on any atom is 0.325 e. The lowest BCUT2D eigenvalue weighted by atomic mass is 9.96. The van der Waals surface area contributed by atoms with Crippen LogP contribution in [0.15, 0.2) is 66.9 Å². The number of carbonyl (C=O) groups is 3. The molecule has 0 spiro atoms. The normalized spacial score (nSPS) is 19.9. The second-order valence-corrected chi connectivity index (χ2v) is 9.13. The minimum Gasteiger partial charge on any atom is -0.350 e. The molecule has 2 fully saturated rings. The van der Waals surface area contributed by atoms with Gasteiger partial charge in [-0.3, -0.25) is 19.2 Å². The lowest BCUT2D eigenvalue weighted by molar-refractivity contribution is -0.135. The van der Waals surface area contributed by atoms with Crippen LogP contribution in [0.1, 0.15) is 30.9 Å². The van der Waals surface area contributed by atoms with Crippen LogP contribution < -0.4 is 10.6 Å². The van der Waals surface area contributed by atoms with Gasteiger partial charge in [-0.05, 0) is 31.2 Å². The number of aromatic nitrogens is 2. The predicted octanol–water partition coefficient (Wildman–Crippen LogP) is 2.94. The second-order valence-electron chi connectivity index (χ2n) is 9.13. The summed E-state index contributed by atoms with van der Waals surface area (Å²) in [5.41, 5.74) is 2.82. The molecule has 1 aromatic heterocycles. The summed E-state index contributed by atoms with van der Waals surface area (Å²) in [6.45, 7) is 2.29. The molecule has 34 heavy (non-hydrogen) atoms. The van der Waals surface area contributed by atoms with Crippen molar-refractivity contribution < 1.29 is 14.4 Å². The smallest absolute Gasteiger partial charge is 0.325 e. The van der Waals surface area contributed by atoms with Gasteiger partial charge in [-0.2, -0.15) is 5.10 Å². The molecule has 0 radical (unpaired) electrons. The average molecular weight is 458 g/mol. The summed E-state index contributed by atoms with van der Waals surface area (Å²) in [7, 11) is 0. The average Bonchev–Trinajstić information content (AvgIpc) is 3.59. The summed E-state index contributed by atoms with van der Waals surface area (Å²) in [6, 6.07) is 19.3. The summed E-state index contributed by atoms with van der Waals surface area (Å²) in [5.74, 6) is -0.560. The number of hydrogen-bond acceptors (Lipinski definition) is 4. The molecule has 1 aliphatic carbocycles. The van der Waals surface area contributed by atoms with Crippen LogP contribution in [0.2, 0.25) is 0 Å². The molecule has 1 aliphatic heterocycles. The number of hydrogen-bond donors (Lipinski definition) is 2. The fourth-order valence-electron chi connectivity index (χ4n) is 4.47. The quantitative estimate of drug-likeness (QED) is 0.509. The lowest BCUT2D eigenvalue weighted by Crippen LogP contribution is -2.46. The molecule has 1 saturated heterocycles. The van der Waals surface area contributed by atoms with E-state index in [1.165, 1.54) is 0 Å². The Balaban J connectivity index is 1.29. The number of urea groups is 1. The summed E-state index contributed by atoms with van der Waals surface area (Å²) in [4.78, 5) is 38.9. The first kappa shape index (κ1) is 21.9. The Bertz CT molecular complexity index is 1220. The van der Waals surface area contributed by atoms with Crippen LogP contribution in [-0.2, 0) is 22.7 Å². The number of amides is 4. The number of nitrogens with one attached hydrogen (secondary N) is 2. The van der Waals surface area contributed by atoms with Crippen molar-refractivity contribution in [3.05, 3.63) is 78.0 Å². The van der Waals surface area contributed by atoms with Gasteiger partial charge in [0.2, 0.25) is 5.91 Å². The molecule has 8 heteroatoms. The van der Waals surface area contributed by atoms with Gasteiger partial charge in [-0.1, -0.05) is 60.7 Å². The highest BCUT2D eigenvalue weighted by Crippen LogP contribution is 2.42. The molecule has 8 nitrogen and oxygen atoms in total. The Morgan fingerprint density at radius 2 is 1.76 bits per heavy atom. The standard InChI is InChI=1S/C26H27N5O3/c1-26(21-12-13-21)24(33)31(25(34)28-26)17-22(32)27-14-20-16-30(15-18-8-4-2-5-9-18)29-23(20)19-10-6-3-7-11-19/h2-11,16,21H,12-15,17H2,1H3,(H,27,32)(H,28,34)/t26-/m1/s1. The van der Waals surface area contributed by atoms with Crippen LogP contribution in [0.3, 0.4) is 0 Å². The Morgan fingerprint density at radius 3 is 2.44 bits per heavy atom. The Labute approximate surface area is 197 Å². The topological polar surface area (TPSA) is 96.3 Å². The minimum absolute atomic E-state index is 0.154. The van der Waals surface area contributed by atoms with Gasteiger partial charge < -0.3 is 10.6 Å². The van der Waals surface area contributed by atoms with Gasteiger partial charge in [0.25, 0.3) is 5.91 Å². The molecule has 0 unspecified atom stereocenters. The van der Waals surface area contributed by atoms with Gasteiger partial charge in [-0.25, -0.2) is 4.79 Å². The summed E-state index contributed by atoms with van der Waals surface area (Å²) in [6.07, 6.45) is 3.75. The van der Waals surface area contributed by atoms with E-state index in [1.807, 2.05) is 71.5 Å². The van der Waals surface area contributed by atoms with Gasteiger partial charge in [0.15, 0.2) is 0 Å². The number of rotatable bonds is 8. The van der Waals surface area contributed by atoms with Crippen molar-refractivity contribution in [3.8, 4) is 11.3 Å². The molecule has 0 bridgehead atoms. The molecule has 2 N–H and O–H groups in total. The van der Waals surface area contributed by atoms with E-state index in [0.717, 1.165) is 40.1 Å². The fraction of sp³-hybridized carbons (Fsp3) is 0.308. The highest BCUT2D eigenvalue weighted by molar-refractivity contribution is 6.09. The van der Waals surface area contributed by atoms with Crippen molar-refractivity contribution >= 4 is 17.8 Å². The Kier molecular flexibility index (Phi) is 5.65. The van der Waals surface area contributed by atoms with Crippen LogP contribution in [-0.4, -0.2) is 44.6 Å². The van der Waals surface area contributed by atoms with Crippen molar-refractivity contribution in [2.45, 2.75) is 38.4 Å². The first-order valence-corrected chi connectivity index (χ1v) is 11.5. The van der Waals surface area contributed by atoms with Crippen molar-refractivity contribution in [1.82, 2.24) is 25.3 Å². The Morgan fingerprint density at radius 1 is 1.09 bits per heavy atom. The van der Waals surface area contributed by atoms with E-state index in [1.54, 1.807) is 6.92 Å². The maximum atomic E-state index is 12.8. The van der Waals surface area contributed by atoms with E-state index in [4.69, 9.17) is 5.10 Å². The highest BCUT2D eigenvalue weighted by Gasteiger charge is 2.56. The largest absolute Gasteiger partial charge is 0.350 e. The summed E-state index contributed by atoms with van der Waals surface area (Å²) in [5, 5.41) is 10.4. The molecule has 2 aliphatic rings.